The van der Waals surface area contributed by atoms with Gasteiger partial charge in [0.2, 0.25) is 0 Å². The summed E-state index contributed by atoms with van der Waals surface area (Å²) in [5, 5.41) is 23.1. The highest BCUT2D eigenvalue weighted by molar-refractivity contribution is 5.45. The van der Waals surface area contributed by atoms with E-state index in [1.165, 1.54) is 6.07 Å². The van der Waals surface area contributed by atoms with Gasteiger partial charge in [-0.05, 0) is 25.3 Å². The molecule has 0 aliphatic rings. The fourth-order valence-electron chi connectivity index (χ4n) is 1.86. The first kappa shape index (κ1) is 14.6. The zero-order valence-corrected chi connectivity index (χ0v) is 11.0. The standard InChI is InChI=1S/C13H20N2O3/c1-9(8-16)7-14-11(3)12-5-4-6-13(10(12)2)15(17)18/h4-6,9,11,14,16H,7-8H2,1-3H3. The number of rotatable bonds is 6. The number of hydrogen-bond donors (Lipinski definition) is 2. The molecular formula is C13H20N2O3. The first-order valence-electron chi connectivity index (χ1n) is 6.05. The van der Waals surface area contributed by atoms with Crippen molar-refractivity contribution in [2.75, 3.05) is 13.2 Å². The van der Waals surface area contributed by atoms with E-state index < -0.39 is 0 Å². The molecule has 0 aliphatic carbocycles. The second-order valence-electron chi connectivity index (χ2n) is 4.67. The number of aliphatic hydroxyl groups excluding tert-OH is 1. The van der Waals surface area contributed by atoms with Crippen LogP contribution in [0.4, 0.5) is 5.69 Å². The molecule has 1 aromatic carbocycles. The van der Waals surface area contributed by atoms with Gasteiger partial charge in [0.05, 0.1) is 4.92 Å². The Labute approximate surface area is 107 Å². The summed E-state index contributed by atoms with van der Waals surface area (Å²) >= 11 is 0. The Morgan fingerprint density at radius 2 is 2.11 bits per heavy atom. The Kier molecular flexibility index (Phi) is 5.25. The number of aliphatic hydroxyl groups is 1. The Balaban J connectivity index is 2.83. The van der Waals surface area contributed by atoms with Crippen LogP contribution >= 0.6 is 0 Å². The quantitative estimate of drug-likeness (QED) is 0.601. The minimum atomic E-state index is -0.359. The van der Waals surface area contributed by atoms with E-state index in [4.69, 9.17) is 5.11 Å². The lowest BCUT2D eigenvalue weighted by Crippen LogP contribution is -2.26. The maximum absolute atomic E-state index is 10.9. The molecular weight excluding hydrogens is 232 g/mol. The first-order valence-corrected chi connectivity index (χ1v) is 6.05. The Morgan fingerprint density at radius 3 is 2.67 bits per heavy atom. The van der Waals surface area contributed by atoms with Gasteiger partial charge in [0.15, 0.2) is 0 Å². The second kappa shape index (κ2) is 6.47. The minimum absolute atomic E-state index is 0.0268. The van der Waals surface area contributed by atoms with Crippen molar-refractivity contribution in [2.45, 2.75) is 26.8 Å². The van der Waals surface area contributed by atoms with Crippen LogP contribution in [0.2, 0.25) is 0 Å². The molecule has 2 unspecified atom stereocenters. The molecule has 5 nitrogen and oxygen atoms in total. The smallest absolute Gasteiger partial charge is 0.272 e. The molecule has 0 saturated heterocycles. The lowest BCUT2D eigenvalue weighted by molar-refractivity contribution is -0.385. The SMILES string of the molecule is Cc1c(C(C)NCC(C)CO)cccc1[N+](=O)[O-]. The van der Waals surface area contributed by atoms with Gasteiger partial charge in [0.1, 0.15) is 0 Å². The fraction of sp³-hybridized carbons (Fsp3) is 0.538. The molecule has 0 radical (unpaired) electrons. The van der Waals surface area contributed by atoms with Crippen molar-refractivity contribution in [3.63, 3.8) is 0 Å². The summed E-state index contributed by atoms with van der Waals surface area (Å²) in [7, 11) is 0. The molecule has 2 atom stereocenters. The van der Waals surface area contributed by atoms with E-state index in [0.29, 0.717) is 12.1 Å². The lowest BCUT2D eigenvalue weighted by Gasteiger charge is -2.18. The highest BCUT2D eigenvalue weighted by Crippen LogP contribution is 2.25. The molecule has 0 amide bonds. The van der Waals surface area contributed by atoms with E-state index in [1.54, 1.807) is 13.0 Å². The maximum atomic E-state index is 10.9. The Hall–Kier alpha value is -1.46. The largest absolute Gasteiger partial charge is 0.396 e. The monoisotopic (exact) mass is 252 g/mol. The van der Waals surface area contributed by atoms with E-state index in [-0.39, 0.29) is 29.2 Å². The number of benzene rings is 1. The topological polar surface area (TPSA) is 75.4 Å². The molecule has 0 aliphatic heterocycles. The zero-order valence-electron chi connectivity index (χ0n) is 11.0. The fourth-order valence-corrected chi connectivity index (χ4v) is 1.86. The summed E-state index contributed by atoms with van der Waals surface area (Å²) < 4.78 is 0. The van der Waals surface area contributed by atoms with Crippen molar-refractivity contribution >= 4 is 5.69 Å². The third-order valence-corrected chi connectivity index (χ3v) is 3.09. The maximum Gasteiger partial charge on any atom is 0.272 e. The van der Waals surface area contributed by atoms with Gasteiger partial charge in [-0.15, -0.1) is 0 Å². The molecule has 2 N–H and O–H groups in total. The van der Waals surface area contributed by atoms with E-state index in [2.05, 4.69) is 5.32 Å². The van der Waals surface area contributed by atoms with Crippen LogP contribution in [0, 0.1) is 23.0 Å². The van der Waals surface area contributed by atoms with Crippen molar-refractivity contribution in [1.82, 2.24) is 5.32 Å². The van der Waals surface area contributed by atoms with Crippen LogP contribution in [-0.2, 0) is 0 Å². The van der Waals surface area contributed by atoms with E-state index in [1.807, 2.05) is 19.9 Å². The van der Waals surface area contributed by atoms with Crippen LogP contribution in [0.1, 0.15) is 31.0 Å². The summed E-state index contributed by atoms with van der Waals surface area (Å²) in [4.78, 5) is 10.5. The van der Waals surface area contributed by atoms with Crippen molar-refractivity contribution in [3.05, 3.63) is 39.4 Å². The van der Waals surface area contributed by atoms with Crippen LogP contribution < -0.4 is 5.32 Å². The van der Waals surface area contributed by atoms with Crippen LogP contribution in [0.25, 0.3) is 0 Å². The molecule has 5 heteroatoms. The van der Waals surface area contributed by atoms with Gasteiger partial charge in [-0.2, -0.15) is 0 Å². The highest BCUT2D eigenvalue weighted by Gasteiger charge is 2.17. The average molecular weight is 252 g/mol. The summed E-state index contributed by atoms with van der Waals surface area (Å²) in [6.07, 6.45) is 0. The van der Waals surface area contributed by atoms with Crippen LogP contribution in [0.3, 0.4) is 0 Å². The number of nitrogens with zero attached hydrogens (tertiary/aromatic N) is 1. The number of nitro benzene ring substituents is 1. The van der Waals surface area contributed by atoms with Crippen molar-refractivity contribution < 1.29 is 10.0 Å². The van der Waals surface area contributed by atoms with Gasteiger partial charge in [-0.3, -0.25) is 10.1 Å². The van der Waals surface area contributed by atoms with Crippen LogP contribution in [0.15, 0.2) is 18.2 Å². The lowest BCUT2D eigenvalue weighted by atomic mass is 10.0. The first-order chi connectivity index (χ1) is 8.47. The summed E-state index contributed by atoms with van der Waals surface area (Å²) in [5.74, 6) is 0.173. The summed E-state index contributed by atoms with van der Waals surface area (Å²) in [6, 6.07) is 5.14. The van der Waals surface area contributed by atoms with E-state index >= 15 is 0 Å². The zero-order chi connectivity index (χ0) is 13.7. The predicted molar refractivity (Wildman–Crippen MR) is 70.5 cm³/mol. The Bertz CT molecular complexity index is 421. The molecule has 0 saturated carbocycles. The van der Waals surface area contributed by atoms with Crippen LogP contribution in [-0.4, -0.2) is 23.2 Å². The third kappa shape index (κ3) is 3.51. The van der Waals surface area contributed by atoms with Crippen LogP contribution in [0.5, 0.6) is 0 Å². The van der Waals surface area contributed by atoms with Gasteiger partial charge in [-0.1, -0.05) is 19.1 Å². The minimum Gasteiger partial charge on any atom is -0.396 e. The average Bonchev–Trinajstić information content (AvgIpc) is 2.35. The molecule has 0 fully saturated rings. The highest BCUT2D eigenvalue weighted by atomic mass is 16.6. The molecule has 18 heavy (non-hydrogen) atoms. The van der Waals surface area contributed by atoms with Crippen molar-refractivity contribution in [3.8, 4) is 0 Å². The molecule has 0 heterocycles. The molecule has 0 aromatic heterocycles. The van der Waals surface area contributed by atoms with E-state index in [0.717, 1.165) is 5.56 Å². The molecule has 0 bridgehead atoms. The predicted octanol–water partition coefficient (Wildman–Crippen LogP) is 2.18. The number of nitro groups is 1. The summed E-state index contributed by atoms with van der Waals surface area (Å²) in [6.45, 7) is 6.49. The van der Waals surface area contributed by atoms with Gasteiger partial charge >= 0.3 is 0 Å². The number of hydrogen-bond acceptors (Lipinski definition) is 4. The third-order valence-electron chi connectivity index (χ3n) is 3.09. The normalized spacial score (nSPS) is 14.2. The Morgan fingerprint density at radius 1 is 1.44 bits per heavy atom. The summed E-state index contributed by atoms with van der Waals surface area (Å²) in [5.41, 5.74) is 1.77. The van der Waals surface area contributed by atoms with E-state index in [9.17, 15) is 10.1 Å². The molecule has 1 rings (SSSR count). The van der Waals surface area contributed by atoms with Gasteiger partial charge in [0.25, 0.3) is 5.69 Å². The molecule has 1 aromatic rings. The molecule has 0 spiro atoms. The molecule has 100 valence electrons. The van der Waals surface area contributed by atoms with Gasteiger partial charge in [0, 0.05) is 30.8 Å². The van der Waals surface area contributed by atoms with Crippen molar-refractivity contribution in [2.24, 2.45) is 5.92 Å². The van der Waals surface area contributed by atoms with Gasteiger partial charge < -0.3 is 10.4 Å². The van der Waals surface area contributed by atoms with Gasteiger partial charge in [-0.25, -0.2) is 0 Å². The number of nitrogens with one attached hydrogen (secondary N) is 1. The van der Waals surface area contributed by atoms with Crippen molar-refractivity contribution in [1.29, 1.82) is 0 Å². The second-order valence-corrected chi connectivity index (χ2v) is 4.67.